The van der Waals surface area contributed by atoms with Gasteiger partial charge in [0.25, 0.3) is 0 Å². The standard InChI is InChI=1S/C5H.2C2H6OS.CO.Mn/c1-2-4-5-3-1;2*1-4(2)3;1-2;/h1H;2*1-2H3;;/q-5;;;;/p+2. The van der Waals surface area contributed by atoms with E-state index >= 15 is 0 Å². The molecule has 1 rings (SSSR count). The van der Waals surface area contributed by atoms with Crippen molar-refractivity contribution in [2.45, 2.75) is 0 Å². The van der Waals surface area contributed by atoms with Gasteiger partial charge < -0.3 is 30.3 Å². The van der Waals surface area contributed by atoms with Crippen molar-refractivity contribution in [3.8, 4) is 0 Å². The van der Waals surface area contributed by atoms with Gasteiger partial charge in [-0.25, -0.2) is 0 Å². The van der Waals surface area contributed by atoms with Gasteiger partial charge in [0.05, 0.1) is 25.0 Å². The minimum Gasteiger partial charge on any atom is -0.999 e. The Labute approximate surface area is 113 Å². The number of hydrogen-bond donors (Lipinski definition) is 0. The normalized spacial score (nSPS) is 7.00. The quantitative estimate of drug-likeness (QED) is 0.388. The Balaban J connectivity index is -0.0000000616. The predicted octanol–water partition coefficient (Wildman–Crippen LogP) is 0.870. The van der Waals surface area contributed by atoms with E-state index in [9.17, 15) is 0 Å². The molecule has 95 valence electrons. The topological polar surface area (TPSA) is 62.7 Å². The molecule has 0 unspecified atom stereocenters. The van der Waals surface area contributed by atoms with E-state index in [0.29, 0.717) is 0 Å². The van der Waals surface area contributed by atoms with E-state index in [1.165, 1.54) is 0 Å². The van der Waals surface area contributed by atoms with E-state index in [0.717, 1.165) is 0 Å². The van der Waals surface area contributed by atoms with Gasteiger partial charge in [-0.2, -0.15) is 0 Å². The zero-order valence-corrected chi connectivity index (χ0v) is 12.4. The van der Waals surface area contributed by atoms with Crippen LogP contribution in [0.4, 0.5) is 0 Å². The Bertz CT molecular complexity index is 221. The van der Waals surface area contributed by atoms with Crippen molar-refractivity contribution in [2.24, 2.45) is 0 Å². The molecule has 1 radical (unpaired) electrons. The molecule has 0 aromatic heterocycles. The smallest absolute Gasteiger partial charge is 0 e. The molecule has 0 bridgehead atoms. The van der Waals surface area contributed by atoms with Gasteiger partial charge in [-0.05, 0) is 0 Å². The van der Waals surface area contributed by atoms with Crippen LogP contribution < -0.4 is 0 Å². The molecule has 1 aromatic rings. The molecule has 0 aliphatic rings. The van der Waals surface area contributed by atoms with Crippen molar-refractivity contribution in [2.75, 3.05) is 25.0 Å². The molecule has 0 atom stereocenters. The molecule has 16 heavy (non-hydrogen) atoms. The molecule has 1 aromatic carbocycles. The maximum Gasteiger partial charge on any atom is 0 e. The molecule has 2 N–H and O–H groups in total. The summed E-state index contributed by atoms with van der Waals surface area (Å²) in [5, 5.41) is 0. The molecule has 0 fully saturated rings. The van der Waals surface area contributed by atoms with Gasteiger partial charge in [0.15, 0.2) is 21.6 Å². The molecular weight excluding hydrogens is 287 g/mol. The van der Waals surface area contributed by atoms with Gasteiger partial charge in [-0.3, -0.25) is 8.42 Å². The van der Waals surface area contributed by atoms with Crippen LogP contribution in [0.1, 0.15) is 0 Å². The Hall–Kier alpha value is -0.0905. The average Bonchev–Trinajstić information content (AvgIpc) is 2.61. The van der Waals surface area contributed by atoms with Crippen LogP contribution in [-0.2, 0) is 43.3 Å². The third-order valence-corrected chi connectivity index (χ3v) is 0.351. The molecular formula is C10H15MnO3S2-3. The van der Waals surface area contributed by atoms with Crippen molar-refractivity contribution >= 4 is 21.6 Å². The Kier molecular flexibility index (Phi) is 37.8. The Morgan fingerprint density at radius 1 is 0.938 bits per heavy atom. The second-order valence-electron chi connectivity index (χ2n) is 2.23. The van der Waals surface area contributed by atoms with Crippen molar-refractivity contribution in [3.63, 3.8) is 0 Å². The summed E-state index contributed by atoms with van der Waals surface area (Å²) in [6.07, 6.45) is 7.00. The first-order valence-corrected chi connectivity index (χ1v) is 7.53. The fourth-order valence-corrected chi connectivity index (χ4v) is 0.180. The van der Waals surface area contributed by atoms with Crippen LogP contribution in [0.2, 0.25) is 0 Å². The summed E-state index contributed by atoms with van der Waals surface area (Å²) >= 11 is 0. The third kappa shape index (κ3) is 96.2. The maximum atomic E-state index is 8.08. The van der Waals surface area contributed by atoms with Crippen LogP contribution in [0.5, 0.6) is 0 Å². The molecule has 0 saturated carbocycles. The molecule has 0 aliphatic heterocycles. The molecule has 0 aliphatic carbocycles. The Morgan fingerprint density at radius 3 is 1.19 bits per heavy atom. The number of hydrogen-bond acceptors (Lipinski definition) is 0. The first kappa shape index (κ1) is 24.9. The second kappa shape index (κ2) is 24.2. The van der Waals surface area contributed by atoms with Crippen LogP contribution >= 0.6 is 0 Å². The monoisotopic (exact) mass is 302 g/mol. The van der Waals surface area contributed by atoms with E-state index in [2.05, 4.69) is 30.9 Å². The average molecular weight is 302 g/mol. The van der Waals surface area contributed by atoms with Crippen LogP contribution in [0.15, 0.2) is 6.07 Å². The van der Waals surface area contributed by atoms with Crippen molar-refractivity contribution in [1.29, 1.82) is 0 Å². The Morgan fingerprint density at radius 2 is 1.12 bits per heavy atom. The first-order valence-electron chi connectivity index (χ1n) is 3.53. The summed E-state index contributed by atoms with van der Waals surface area (Å²) in [6, 6.07) is 12.0. The maximum absolute atomic E-state index is 8.08. The third-order valence-electron chi connectivity index (χ3n) is 0.351. The first-order chi connectivity index (χ1) is 6.96. The van der Waals surface area contributed by atoms with Crippen LogP contribution in [0.25, 0.3) is 0 Å². The molecule has 0 spiro atoms. The summed E-state index contributed by atoms with van der Waals surface area (Å²) in [7, 11) is -0.722. The van der Waals surface area contributed by atoms with Crippen LogP contribution in [0.3, 0.4) is 0 Å². The fourth-order valence-electron chi connectivity index (χ4n) is 0.180. The van der Waals surface area contributed by atoms with E-state index < -0.39 is 0 Å². The summed E-state index contributed by atoms with van der Waals surface area (Å²) in [5.41, 5.74) is 0. The summed E-state index contributed by atoms with van der Waals surface area (Å²) in [5.74, 6) is 0. The van der Waals surface area contributed by atoms with Gasteiger partial charge in [-0.1, -0.05) is 0 Å². The zero-order valence-electron chi connectivity index (χ0n) is 9.57. The van der Waals surface area contributed by atoms with E-state index in [-0.39, 0.29) is 38.7 Å². The molecule has 0 heterocycles. The zero-order chi connectivity index (χ0) is 12.7. The largest absolute Gasteiger partial charge is 0.999 e. The van der Waals surface area contributed by atoms with Gasteiger partial charge in [0, 0.05) is 17.1 Å². The van der Waals surface area contributed by atoms with Gasteiger partial charge in [0.2, 0.25) is 0 Å². The van der Waals surface area contributed by atoms with E-state index in [1.807, 2.05) is 0 Å². The minimum absolute atomic E-state index is 0. The summed E-state index contributed by atoms with van der Waals surface area (Å²) < 4.78 is 23.7. The molecule has 0 saturated heterocycles. The van der Waals surface area contributed by atoms with E-state index in [4.69, 9.17) is 13.1 Å². The SMILES string of the molecule is CS(C)=[OH+].CS(C)=[OH+].[C-]#[O+].[Mn].[c-]1[c-][c-][cH-][c-]1. The molecule has 6 heteroatoms. The van der Waals surface area contributed by atoms with Crippen molar-refractivity contribution in [3.05, 3.63) is 37.0 Å². The predicted molar refractivity (Wildman–Crippen MR) is 63.6 cm³/mol. The summed E-state index contributed by atoms with van der Waals surface area (Å²) in [6.45, 7) is 4.50. The number of rotatable bonds is 0. The second-order valence-corrected chi connectivity index (χ2v) is 5.32. The molecule has 0 amide bonds. The molecule has 3 nitrogen and oxygen atoms in total. The van der Waals surface area contributed by atoms with Gasteiger partial charge in [-0.15, -0.1) is 0 Å². The summed E-state index contributed by atoms with van der Waals surface area (Å²) in [4.78, 5) is 0. The van der Waals surface area contributed by atoms with Gasteiger partial charge >= 0.3 is 11.3 Å². The fraction of sp³-hybridized carbons (Fsp3) is 0.400. The van der Waals surface area contributed by atoms with Crippen molar-refractivity contribution in [1.82, 2.24) is 0 Å². The van der Waals surface area contributed by atoms with Crippen molar-refractivity contribution < 1.29 is 30.1 Å². The minimum atomic E-state index is -0.361. The van der Waals surface area contributed by atoms with E-state index in [1.54, 1.807) is 31.1 Å². The van der Waals surface area contributed by atoms with Crippen LogP contribution in [0, 0.1) is 30.9 Å². The van der Waals surface area contributed by atoms with Crippen LogP contribution in [-0.4, -0.2) is 33.4 Å². The van der Waals surface area contributed by atoms with Gasteiger partial charge in [0.1, 0.15) is 0 Å².